The summed E-state index contributed by atoms with van der Waals surface area (Å²) in [7, 11) is 0. The number of carbonyl (C=O) groups excluding carboxylic acids is 1. The summed E-state index contributed by atoms with van der Waals surface area (Å²) in [5.41, 5.74) is 5.33. The van der Waals surface area contributed by atoms with Crippen LogP contribution in [0.4, 0.5) is 0 Å². The Labute approximate surface area is 141 Å². The molecule has 0 fully saturated rings. The van der Waals surface area contributed by atoms with Gasteiger partial charge in [-0.1, -0.05) is 31.2 Å². The number of aryl methyl sites for hydroxylation is 1. The lowest BCUT2D eigenvalue weighted by atomic mass is 9.88. The van der Waals surface area contributed by atoms with Crippen LogP contribution in [0.2, 0.25) is 0 Å². The molecule has 126 valence electrons. The van der Waals surface area contributed by atoms with E-state index >= 15 is 0 Å². The van der Waals surface area contributed by atoms with Gasteiger partial charge in [-0.3, -0.25) is 15.1 Å². The van der Waals surface area contributed by atoms with Gasteiger partial charge in [-0.15, -0.1) is 0 Å². The summed E-state index contributed by atoms with van der Waals surface area (Å²) >= 11 is 0. The van der Waals surface area contributed by atoms with Crippen LogP contribution in [-0.4, -0.2) is 27.0 Å². The van der Waals surface area contributed by atoms with Gasteiger partial charge in [0.1, 0.15) is 0 Å². The van der Waals surface area contributed by atoms with Crippen molar-refractivity contribution in [2.75, 3.05) is 0 Å². The molecule has 1 aromatic carbocycles. The lowest BCUT2D eigenvalue weighted by Gasteiger charge is -2.17. The third-order valence-electron chi connectivity index (χ3n) is 3.94. The second-order valence-electron chi connectivity index (χ2n) is 5.57. The topological polar surface area (TPSA) is 102 Å². The molecule has 1 atom stereocenters. The summed E-state index contributed by atoms with van der Waals surface area (Å²) in [6.45, 7) is 2.08. The number of H-pyrrole nitrogens is 1. The molecule has 0 saturated carbocycles. The van der Waals surface area contributed by atoms with Crippen LogP contribution in [0.3, 0.4) is 0 Å². The van der Waals surface area contributed by atoms with Crippen LogP contribution in [-0.2, 0) is 11.2 Å². The van der Waals surface area contributed by atoms with E-state index < -0.39 is 5.91 Å². The molecule has 1 amide bonds. The van der Waals surface area contributed by atoms with Gasteiger partial charge in [0.05, 0.1) is 6.20 Å². The fourth-order valence-corrected chi connectivity index (χ4v) is 2.60. The van der Waals surface area contributed by atoms with Crippen LogP contribution in [0.5, 0.6) is 0 Å². The number of nitrogens with zero attached hydrogens (tertiary/aromatic N) is 1. The Bertz CT molecular complexity index is 690. The Hall–Kier alpha value is -2.73. The summed E-state index contributed by atoms with van der Waals surface area (Å²) in [4.78, 5) is 11.0. The van der Waals surface area contributed by atoms with E-state index in [0.717, 1.165) is 29.5 Å². The Morgan fingerprint density at radius 2 is 2.17 bits per heavy atom. The summed E-state index contributed by atoms with van der Waals surface area (Å²) in [6.07, 6.45) is 8.92. The molecule has 24 heavy (non-hydrogen) atoms. The fourth-order valence-electron chi connectivity index (χ4n) is 2.60. The summed E-state index contributed by atoms with van der Waals surface area (Å²) in [6, 6.07) is 7.78. The fraction of sp³-hybridized carbons (Fsp3) is 0.278. The quantitative estimate of drug-likeness (QED) is 0.259. The lowest BCUT2D eigenvalue weighted by Crippen LogP contribution is -2.14. The molecule has 1 aromatic heterocycles. The zero-order valence-electron chi connectivity index (χ0n) is 13.6. The zero-order chi connectivity index (χ0) is 17.4. The average molecular weight is 326 g/mol. The standard InChI is InChI=1S/C18H22N4O2/c1-2-16(17(19)9-5-14-11-20-21-12-14)15-7-3-13(4-8-15)6-10-18(23)22-24/h3-4,6-8,10-12,16,19,24H,2,5,9H2,1H3,(H,20,21)(H,22,23)/b10-6+,19-17?/t16-/m0/s1. The number of aromatic amines is 1. The van der Waals surface area contributed by atoms with Crippen LogP contribution < -0.4 is 5.48 Å². The number of hydrogen-bond donors (Lipinski definition) is 4. The Kier molecular flexibility index (Phi) is 6.45. The molecular formula is C18H22N4O2. The lowest BCUT2D eigenvalue weighted by molar-refractivity contribution is -0.124. The maximum atomic E-state index is 11.0. The predicted molar refractivity (Wildman–Crippen MR) is 93.1 cm³/mol. The highest BCUT2D eigenvalue weighted by Gasteiger charge is 2.15. The zero-order valence-corrected chi connectivity index (χ0v) is 13.6. The number of hydrogen-bond acceptors (Lipinski definition) is 4. The molecule has 0 spiro atoms. The predicted octanol–water partition coefficient (Wildman–Crippen LogP) is 3.07. The first-order valence-electron chi connectivity index (χ1n) is 7.91. The van der Waals surface area contributed by atoms with E-state index in [0.29, 0.717) is 12.1 Å². The molecule has 0 bridgehead atoms. The number of carbonyl (C=O) groups is 1. The van der Waals surface area contributed by atoms with Crippen LogP contribution >= 0.6 is 0 Å². The van der Waals surface area contributed by atoms with Gasteiger partial charge < -0.3 is 5.41 Å². The second-order valence-corrected chi connectivity index (χ2v) is 5.57. The van der Waals surface area contributed by atoms with Crippen molar-refractivity contribution in [2.24, 2.45) is 0 Å². The van der Waals surface area contributed by atoms with Gasteiger partial charge in [0.25, 0.3) is 5.91 Å². The van der Waals surface area contributed by atoms with Crippen LogP contribution in [0.1, 0.15) is 42.4 Å². The Morgan fingerprint density at radius 3 is 2.75 bits per heavy atom. The maximum absolute atomic E-state index is 11.0. The van der Waals surface area contributed by atoms with Crippen molar-refractivity contribution in [3.63, 3.8) is 0 Å². The van der Waals surface area contributed by atoms with Gasteiger partial charge >= 0.3 is 0 Å². The van der Waals surface area contributed by atoms with Crippen LogP contribution in [0.15, 0.2) is 42.7 Å². The Morgan fingerprint density at radius 1 is 1.42 bits per heavy atom. The average Bonchev–Trinajstić information content (AvgIpc) is 3.13. The van der Waals surface area contributed by atoms with Gasteiger partial charge in [-0.25, -0.2) is 5.48 Å². The minimum Gasteiger partial charge on any atom is -0.309 e. The number of hydroxylamine groups is 1. The largest absolute Gasteiger partial charge is 0.309 e. The normalized spacial score (nSPS) is 12.2. The van der Waals surface area contributed by atoms with Crippen molar-refractivity contribution in [3.8, 4) is 0 Å². The molecule has 1 heterocycles. The number of aromatic nitrogens is 2. The highest BCUT2D eigenvalue weighted by Crippen LogP contribution is 2.23. The maximum Gasteiger partial charge on any atom is 0.267 e. The van der Waals surface area contributed by atoms with E-state index in [-0.39, 0.29) is 5.92 Å². The smallest absolute Gasteiger partial charge is 0.267 e. The minimum atomic E-state index is -0.563. The first-order valence-corrected chi connectivity index (χ1v) is 7.91. The summed E-state index contributed by atoms with van der Waals surface area (Å²) in [5, 5.41) is 23.5. The SMILES string of the molecule is CC[C@H](C(=N)CCc1cn[nH]c1)c1ccc(/C=C/C(=O)NO)cc1. The van der Waals surface area contributed by atoms with E-state index in [4.69, 9.17) is 10.6 Å². The van der Waals surface area contributed by atoms with Gasteiger partial charge in [0.15, 0.2) is 0 Å². The molecule has 2 rings (SSSR count). The molecule has 0 aliphatic rings. The number of nitrogens with one attached hydrogen (secondary N) is 3. The number of rotatable bonds is 8. The van der Waals surface area contributed by atoms with E-state index in [1.54, 1.807) is 17.8 Å². The van der Waals surface area contributed by atoms with Crippen molar-refractivity contribution >= 4 is 17.7 Å². The van der Waals surface area contributed by atoms with Crippen molar-refractivity contribution in [1.82, 2.24) is 15.7 Å². The van der Waals surface area contributed by atoms with Gasteiger partial charge in [-0.05, 0) is 42.0 Å². The highest BCUT2D eigenvalue weighted by molar-refractivity contribution is 5.91. The van der Waals surface area contributed by atoms with Gasteiger partial charge in [0.2, 0.25) is 0 Å². The van der Waals surface area contributed by atoms with Crippen LogP contribution in [0.25, 0.3) is 6.08 Å². The van der Waals surface area contributed by atoms with Crippen LogP contribution in [0, 0.1) is 5.41 Å². The first-order chi connectivity index (χ1) is 11.6. The number of benzene rings is 1. The molecule has 0 radical (unpaired) electrons. The Balaban J connectivity index is 2.00. The third kappa shape index (κ3) is 4.89. The van der Waals surface area contributed by atoms with Crippen molar-refractivity contribution in [1.29, 1.82) is 5.41 Å². The van der Waals surface area contributed by atoms with E-state index in [1.807, 2.05) is 30.5 Å². The first kappa shape index (κ1) is 17.6. The second kappa shape index (κ2) is 8.79. The van der Waals surface area contributed by atoms with E-state index in [2.05, 4.69) is 17.1 Å². The van der Waals surface area contributed by atoms with Gasteiger partial charge in [-0.2, -0.15) is 5.10 Å². The summed E-state index contributed by atoms with van der Waals surface area (Å²) in [5.74, 6) is -0.470. The molecule has 0 saturated heterocycles. The third-order valence-corrected chi connectivity index (χ3v) is 3.94. The molecule has 0 aliphatic heterocycles. The van der Waals surface area contributed by atoms with Crippen molar-refractivity contribution < 1.29 is 10.0 Å². The van der Waals surface area contributed by atoms with Crippen molar-refractivity contribution in [2.45, 2.75) is 32.1 Å². The molecule has 2 aromatic rings. The molecular weight excluding hydrogens is 304 g/mol. The summed E-state index contributed by atoms with van der Waals surface area (Å²) < 4.78 is 0. The minimum absolute atomic E-state index is 0.0932. The number of amides is 1. The molecule has 0 aliphatic carbocycles. The molecule has 6 heteroatoms. The molecule has 6 nitrogen and oxygen atoms in total. The highest BCUT2D eigenvalue weighted by atomic mass is 16.5. The monoisotopic (exact) mass is 326 g/mol. The van der Waals surface area contributed by atoms with E-state index in [1.165, 1.54) is 6.08 Å². The molecule has 0 unspecified atom stereocenters. The van der Waals surface area contributed by atoms with Crippen molar-refractivity contribution in [3.05, 3.63) is 59.4 Å². The van der Waals surface area contributed by atoms with E-state index in [9.17, 15) is 4.79 Å². The molecule has 4 N–H and O–H groups in total. The van der Waals surface area contributed by atoms with Gasteiger partial charge in [0, 0.05) is 23.9 Å².